The molecule has 1 aliphatic carbocycles. The van der Waals surface area contributed by atoms with Crippen LogP contribution in [0.15, 0.2) is 35.4 Å². The first-order valence-electron chi connectivity index (χ1n) is 7.58. The summed E-state index contributed by atoms with van der Waals surface area (Å²) < 4.78 is 0. The van der Waals surface area contributed by atoms with Gasteiger partial charge >= 0.3 is 6.16 Å². The van der Waals surface area contributed by atoms with E-state index >= 15 is 0 Å². The van der Waals surface area contributed by atoms with Crippen LogP contribution in [0.2, 0.25) is 0 Å². The van der Waals surface area contributed by atoms with E-state index in [2.05, 4.69) is 21.4 Å². The first-order valence-corrected chi connectivity index (χ1v) is 8.46. The minimum Gasteiger partial charge on any atom is -0.448 e. The predicted octanol–water partition coefficient (Wildman–Crippen LogP) is 3.62. The molecule has 0 amide bonds. The van der Waals surface area contributed by atoms with E-state index < -0.39 is 6.16 Å². The maximum absolute atomic E-state index is 10.5. The number of rotatable bonds is 4. The smallest absolute Gasteiger partial charge is 0.448 e. The Morgan fingerprint density at radius 1 is 1.30 bits per heavy atom. The number of hydrogen-bond acceptors (Lipinski definition) is 6. The standard InChI is InChI=1S/C16H19N3O3S/c17-11-1-3-12(4-2-11)23-13-5-6-14-10(9-13)7-8-18-15(14)19-22-16(20)21/h5-9,11-12H,1-4,17H2,(H,18,19)(H,20,21). The average molecular weight is 333 g/mol. The van der Waals surface area contributed by atoms with E-state index in [1.165, 1.54) is 4.90 Å². The number of nitrogens with one attached hydrogen (secondary N) is 1. The average Bonchev–Trinajstić information content (AvgIpc) is 2.54. The van der Waals surface area contributed by atoms with Crippen LogP contribution < -0.4 is 11.2 Å². The number of thioether (sulfide) groups is 1. The highest BCUT2D eigenvalue weighted by molar-refractivity contribution is 8.00. The molecule has 0 spiro atoms. The second-order valence-electron chi connectivity index (χ2n) is 5.67. The Hall–Kier alpha value is -1.99. The Balaban J connectivity index is 1.75. The monoisotopic (exact) mass is 333 g/mol. The van der Waals surface area contributed by atoms with E-state index in [-0.39, 0.29) is 0 Å². The molecule has 0 atom stereocenters. The van der Waals surface area contributed by atoms with Crippen molar-refractivity contribution in [3.63, 3.8) is 0 Å². The number of carboxylic acid groups (broad SMARTS) is 1. The van der Waals surface area contributed by atoms with Crippen LogP contribution in [0.1, 0.15) is 25.7 Å². The minimum atomic E-state index is -1.40. The number of pyridine rings is 1. The summed E-state index contributed by atoms with van der Waals surface area (Å²) in [5.41, 5.74) is 8.32. The molecule has 23 heavy (non-hydrogen) atoms. The number of anilines is 1. The van der Waals surface area contributed by atoms with Gasteiger partial charge in [-0.2, -0.15) is 5.48 Å². The number of carbonyl (C=O) groups is 1. The quantitative estimate of drug-likeness (QED) is 0.735. The summed E-state index contributed by atoms with van der Waals surface area (Å²) in [7, 11) is 0. The zero-order chi connectivity index (χ0) is 16.2. The van der Waals surface area contributed by atoms with E-state index in [0.717, 1.165) is 36.5 Å². The molecular weight excluding hydrogens is 314 g/mol. The van der Waals surface area contributed by atoms with Gasteiger partial charge in [0.25, 0.3) is 0 Å². The molecule has 6 nitrogen and oxygen atoms in total. The molecule has 0 saturated heterocycles. The molecule has 1 saturated carbocycles. The van der Waals surface area contributed by atoms with Crippen LogP contribution in [-0.2, 0) is 4.84 Å². The normalized spacial score (nSPS) is 21.1. The fraction of sp³-hybridized carbons (Fsp3) is 0.375. The molecule has 3 rings (SSSR count). The molecule has 0 bridgehead atoms. The van der Waals surface area contributed by atoms with Crippen LogP contribution in [0.3, 0.4) is 0 Å². The van der Waals surface area contributed by atoms with Gasteiger partial charge in [-0.1, -0.05) is 0 Å². The Labute approximate surface area is 138 Å². The van der Waals surface area contributed by atoms with Crippen molar-refractivity contribution in [1.82, 2.24) is 4.98 Å². The third kappa shape index (κ3) is 4.05. The number of nitrogens with zero attached hydrogens (tertiary/aromatic N) is 1. The van der Waals surface area contributed by atoms with E-state index in [1.807, 2.05) is 30.0 Å². The first-order chi connectivity index (χ1) is 11.1. The molecule has 2 aromatic rings. The van der Waals surface area contributed by atoms with E-state index in [1.54, 1.807) is 6.20 Å². The first kappa shape index (κ1) is 15.9. The number of benzene rings is 1. The summed E-state index contributed by atoms with van der Waals surface area (Å²) in [4.78, 5) is 20.2. The SMILES string of the molecule is NC1CCC(Sc2ccc3c(NOC(=O)O)nccc3c2)CC1. The van der Waals surface area contributed by atoms with Crippen molar-refractivity contribution in [3.05, 3.63) is 30.5 Å². The largest absolute Gasteiger partial charge is 0.530 e. The molecule has 0 radical (unpaired) electrons. The molecule has 0 unspecified atom stereocenters. The van der Waals surface area contributed by atoms with Gasteiger partial charge in [0.2, 0.25) is 0 Å². The number of fused-ring (bicyclic) bond motifs is 1. The number of hydrogen-bond donors (Lipinski definition) is 3. The van der Waals surface area contributed by atoms with Gasteiger partial charge in [0.05, 0.1) is 0 Å². The highest BCUT2D eigenvalue weighted by Gasteiger charge is 2.19. The van der Waals surface area contributed by atoms with Gasteiger partial charge in [0, 0.05) is 27.8 Å². The summed E-state index contributed by atoms with van der Waals surface area (Å²) >= 11 is 1.88. The van der Waals surface area contributed by atoms with Crippen LogP contribution >= 0.6 is 11.8 Å². The summed E-state index contributed by atoms with van der Waals surface area (Å²) in [6, 6.07) is 8.34. The Morgan fingerprint density at radius 3 is 2.83 bits per heavy atom. The third-order valence-electron chi connectivity index (χ3n) is 3.99. The molecular formula is C16H19N3O3S. The summed E-state index contributed by atoms with van der Waals surface area (Å²) in [6.45, 7) is 0. The lowest BCUT2D eigenvalue weighted by molar-refractivity contribution is 0.112. The van der Waals surface area contributed by atoms with Crippen molar-refractivity contribution < 1.29 is 14.7 Å². The number of nitrogens with two attached hydrogens (primary N) is 1. The molecule has 7 heteroatoms. The van der Waals surface area contributed by atoms with Crippen molar-refractivity contribution >= 4 is 34.5 Å². The van der Waals surface area contributed by atoms with Crippen molar-refractivity contribution in [1.29, 1.82) is 0 Å². The van der Waals surface area contributed by atoms with Gasteiger partial charge in [0.1, 0.15) is 0 Å². The zero-order valence-electron chi connectivity index (χ0n) is 12.6. The van der Waals surface area contributed by atoms with Crippen LogP contribution in [0.25, 0.3) is 10.8 Å². The second kappa shape index (κ2) is 7.06. The molecule has 1 aliphatic rings. The third-order valence-corrected chi connectivity index (χ3v) is 5.32. The van der Waals surface area contributed by atoms with Crippen molar-refractivity contribution in [3.8, 4) is 0 Å². The van der Waals surface area contributed by atoms with Crippen molar-refractivity contribution in [2.24, 2.45) is 5.73 Å². The van der Waals surface area contributed by atoms with Crippen molar-refractivity contribution in [2.45, 2.75) is 41.9 Å². The lowest BCUT2D eigenvalue weighted by Gasteiger charge is -2.25. The van der Waals surface area contributed by atoms with Gasteiger partial charge < -0.3 is 15.7 Å². The molecule has 4 N–H and O–H groups in total. The topological polar surface area (TPSA) is 97.5 Å². The van der Waals surface area contributed by atoms with Crippen LogP contribution in [0, 0.1) is 0 Å². The summed E-state index contributed by atoms with van der Waals surface area (Å²) in [6.07, 6.45) is 4.72. The van der Waals surface area contributed by atoms with E-state index in [9.17, 15) is 4.79 Å². The lowest BCUT2D eigenvalue weighted by Crippen LogP contribution is -2.27. The van der Waals surface area contributed by atoms with Gasteiger partial charge in [-0.25, -0.2) is 9.78 Å². The van der Waals surface area contributed by atoms with Gasteiger partial charge in [0.15, 0.2) is 5.82 Å². The maximum atomic E-state index is 10.5. The molecule has 1 aromatic carbocycles. The molecule has 1 fully saturated rings. The van der Waals surface area contributed by atoms with E-state index in [0.29, 0.717) is 17.1 Å². The summed E-state index contributed by atoms with van der Waals surface area (Å²) in [5, 5.41) is 11.0. The van der Waals surface area contributed by atoms with Crippen LogP contribution in [-0.4, -0.2) is 27.5 Å². The maximum Gasteiger partial charge on any atom is 0.530 e. The molecule has 122 valence electrons. The second-order valence-corrected chi connectivity index (χ2v) is 7.04. The zero-order valence-corrected chi connectivity index (χ0v) is 13.4. The fourth-order valence-corrected chi connectivity index (χ4v) is 4.04. The lowest BCUT2D eigenvalue weighted by atomic mass is 9.96. The molecule has 0 aliphatic heterocycles. The Morgan fingerprint density at radius 2 is 2.09 bits per heavy atom. The Bertz CT molecular complexity index is 702. The molecule has 1 aromatic heterocycles. The molecule has 1 heterocycles. The number of aromatic nitrogens is 1. The minimum absolute atomic E-state index is 0.359. The summed E-state index contributed by atoms with van der Waals surface area (Å²) in [5.74, 6) is 0.394. The van der Waals surface area contributed by atoms with E-state index in [4.69, 9.17) is 10.8 Å². The van der Waals surface area contributed by atoms with Crippen molar-refractivity contribution in [2.75, 3.05) is 5.48 Å². The fourth-order valence-electron chi connectivity index (χ4n) is 2.80. The van der Waals surface area contributed by atoms with Gasteiger partial charge in [-0.15, -0.1) is 11.8 Å². The van der Waals surface area contributed by atoms with Crippen LogP contribution in [0.4, 0.5) is 10.6 Å². The highest BCUT2D eigenvalue weighted by Crippen LogP contribution is 2.35. The van der Waals surface area contributed by atoms with Gasteiger partial charge in [-0.3, -0.25) is 0 Å². The van der Waals surface area contributed by atoms with Gasteiger partial charge in [-0.05, 0) is 55.3 Å². The predicted molar refractivity (Wildman–Crippen MR) is 90.6 cm³/mol. The Kier molecular flexibility index (Phi) is 4.88. The highest BCUT2D eigenvalue weighted by atomic mass is 32.2. The van der Waals surface area contributed by atoms with Crippen LogP contribution in [0.5, 0.6) is 0 Å².